The Morgan fingerprint density at radius 3 is 2.41 bits per heavy atom. The third kappa shape index (κ3) is 5.29. The number of nitrogens with zero attached hydrogens (tertiary/aromatic N) is 1. The molecule has 7 nitrogen and oxygen atoms in total. The van der Waals surface area contributed by atoms with Gasteiger partial charge in [0.05, 0.1) is 29.4 Å². The van der Waals surface area contributed by atoms with Gasteiger partial charge in [-0.3, -0.25) is 14.4 Å². The number of hydrogen-bond donors (Lipinski definition) is 2. The minimum Gasteiger partial charge on any atom is -0.379 e. The molecule has 1 amide bonds. The predicted molar refractivity (Wildman–Crippen MR) is 103 cm³/mol. The zero-order chi connectivity index (χ0) is 19.1. The van der Waals surface area contributed by atoms with Gasteiger partial charge in [0, 0.05) is 26.2 Å². The summed E-state index contributed by atoms with van der Waals surface area (Å²) in [5.41, 5.74) is 0.546. The Bertz CT molecular complexity index is 866. The summed E-state index contributed by atoms with van der Waals surface area (Å²) in [7, 11) is -3.76. The molecule has 1 aliphatic rings. The van der Waals surface area contributed by atoms with Crippen molar-refractivity contribution in [2.75, 3.05) is 44.1 Å². The van der Waals surface area contributed by atoms with Gasteiger partial charge >= 0.3 is 0 Å². The molecule has 0 radical (unpaired) electrons. The van der Waals surface area contributed by atoms with Crippen molar-refractivity contribution in [1.29, 1.82) is 0 Å². The molecule has 2 aromatic rings. The van der Waals surface area contributed by atoms with Crippen molar-refractivity contribution in [2.45, 2.75) is 4.90 Å². The molecule has 0 unspecified atom stereocenters. The lowest BCUT2D eigenvalue weighted by Crippen LogP contribution is -2.41. The highest BCUT2D eigenvalue weighted by atomic mass is 32.2. The molecule has 0 spiro atoms. The third-order valence-electron chi connectivity index (χ3n) is 4.29. The van der Waals surface area contributed by atoms with Gasteiger partial charge in [0.2, 0.25) is 0 Å². The predicted octanol–water partition coefficient (Wildman–Crippen LogP) is 1.55. The highest BCUT2D eigenvalue weighted by Gasteiger charge is 2.18. The fourth-order valence-electron chi connectivity index (χ4n) is 2.82. The Morgan fingerprint density at radius 1 is 1.00 bits per heavy atom. The average molecular weight is 389 g/mol. The number of carbonyl (C=O) groups is 1. The van der Waals surface area contributed by atoms with Crippen LogP contribution in [0.1, 0.15) is 10.4 Å². The van der Waals surface area contributed by atoms with Gasteiger partial charge in [0.25, 0.3) is 15.9 Å². The summed E-state index contributed by atoms with van der Waals surface area (Å²) in [5.74, 6) is -0.311. The van der Waals surface area contributed by atoms with E-state index in [0.29, 0.717) is 25.3 Å². The molecule has 0 atom stereocenters. The smallest absolute Gasteiger partial charge is 0.261 e. The number of morpholine rings is 1. The van der Waals surface area contributed by atoms with Crippen LogP contribution in [-0.4, -0.2) is 58.6 Å². The normalized spacial score (nSPS) is 15.3. The van der Waals surface area contributed by atoms with Crippen molar-refractivity contribution in [1.82, 2.24) is 10.2 Å². The Balaban J connectivity index is 1.65. The number of rotatable bonds is 7. The van der Waals surface area contributed by atoms with E-state index in [1.165, 1.54) is 12.1 Å². The summed E-state index contributed by atoms with van der Waals surface area (Å²) in [6, 6.07) is 14.6. The highest BCUT2D eigenvalue weighted by Crippen LogP contribution is 2.20. The van der Waals surface area contributed by atoms with Crippen LogP contribution in [0.15, 0.2) is 59.5 Å². The minimum atomic E-state index is -3.76. The molecular weight excluding hydrogens is 366 g/mol. The molecule has 1 heterocycles. The number of para-hydroxylation sites is 1. The van der Waals surface area contributed by atoms with Crippen LogP contribution in [0.2, 0.25) is 0 Å². The van der Waals surface area contributed by atoms with Gasteiger partial charge in [-0.2, -0.15) is 0 Å². The zero-order valence-electron chi connectivity index (χ0n) is 14.9. The molecule has 144 valence electrons. The third-order valence-corrected chi connectivity index (χ3v) is 5.67. The lowest BCUT2D eigenvalue weighted by molar-refractivity contribution is 0.0383. The maximum atomic E-state index is 12.5. The van der Waals surface area contributed by atoms with Gasteiger partial charge < -0.3 is 10.1 Å². The van der Waals surface area contributed by atoms with Gasteiger partial charge in [-0.1, -0.05) is 30.3 Å². The van der Waals surface area contributed by atoms with Crippen LogP contribution < -0.4 is 10.0 Å². The minimum absolute atomic E-state index is 0.146. The number of anilines is 1. The van der Waals surface area contributed by atoms with E-state index in [2.05, 4.69) is 14.9 Å². The second-order valence-electron chi connectivity index (χ2n) is 6.17. The van der Waals surface area contributed by atoms with E-state index in [4.69, 9.17) is 4.74 Å². The molecule has 2 N–H and O–H groups in total. The largest absolute Gasteiger partial charge is 0.379 e. The first-order valence-corrected chi connectivity index (χ1v) is 10.3. The molecule has 0 saturated carbocycles. The number of nitrogens with one attached hydrogen (secondary N) is 2. The average Bonchev–Trinajstić information content (AvgIpc) is 2.69. The van der Waals surface area contributed by atoms with Crippen molar-refractivity contribution in [3.8, 4) is 0 Å². The van der Waals surface area contributed by atoms with E-state index in [-0.39, 0.29) is 16.5 Å². The van der Waals surface area contributed by atoms with E-state index in [0.717, 1.165) is 19.6 Å². The number of carbonyl (C=O) groups excluding carboxylic acids is 1. The summed E-state index contributed by atoms with van der Waals surface area (Å²) >= 11 is 0. The maximum Gasteiger partial charge on any atom is 0.261 e. The summed E-state index contributed by atoms with van der Waals surface area (Å²) in [4.78, 5) is 14.9. The van der Waals surface area contributed by atoms with Gasteiger partial charge in [-0.25, -0.2) is 8.42 Å². The van der Waals surface area contributed by atoms with Gasteiger partial charge in [0.15, 0.2) is 0 Å². The second kappa shape index (κ2) is 8.98. The zero-order valence-corrected chi connectivity index (χ0v) is 15.7. The second-order valence-corrected chi connectivity index (χ2v) is 7.86. The van der Waals surface area contributed by atoms with E-state index >= 15 is 0 Å². The van der Waals surface area contributed by atoms with Gasteiger partial charge in [0.1, 0.15) is 0 Å². The summed E-state index contributed by atoms with van der Waals surface area (Å²) in [6.45, 7) is 4.33. The number of amides is 1. The molecule has 27 heavy (non-hydrogen) atoms. The van der Waals surface area contributed by atoms with Crippen molar-refractivity contribution in [2.24, 2.45) is 0 Å². The first kappa shape index (κ1) is 19.3. The van der Waals surface area contributed by atoms with Crippen LogP contribution in [-0.2, 0) is 14.8 Å². The van der Waals surface area contributed by atoms with Gasteiger partial charge in [-0.05, 0) is 24.3 Å². The van der Waals surface area contributed by atoms with Crippen molar-refractivity contribution in [3.63, 3.8) is 0 Å². The van der Waals surface area contributed by atoms with Crippen LogP contribution in [0.25, 0.3) is 0 Å². The summed E-state index contributed by atoms with van der Waals surface area (Å²) in [6.07, 6.45) is 0. The quantitative estimate of drug-likeness (QED) is 0.750. The molecule has 2 aromatic carbocycles. The topological polar surface area (TPSA) is 87.7 Å². The molecule has 0 aliphatic carbocycles. The SMILES string of the molecule is O=C(NCCN1CCOCC1)c1ccccc1NS(=O)(=O)c1ccccc1. The summed E-state index contributed by atoms with van der Waals surface area (Å²) < 4.78 is 32.9. The van der Waals surface area contributed by atoms with Crippen LogP contribution in [0, 0.1) is 0 Å². The van der Waals surface area contributed by atoms with Crippen LogP contribution in [0.3, 0.4) is 0 Å². The van der Waals surface area contributed by atoms with Gasteiger partial charge in [-0.15, -0.1) is 0 Å². The number of benzene rings is 2. The van der Waals surface area contributed by atoms with Crippen molar-refractivity contribution >= 4 is 21.6 Å². The molecule has 1 aliphatic heterocycles. The Morgan fingerprint density at radius 2 is 1.67 bits per heavy atom. The van der Waals surface area contributed by atoms with Crippen LogP contribution in [0.4, 0.5) is 5.69 Å². The molecular formula is C19H23N3O4S. The van der Waals surface area contributed by atoms with Crippen molar-refractivity contribution in [3.05, 3.63) is 60.2 Å². The van der Waals surface area contributed by atoms with E-state index < -0.39 is 10.0 Å². The lowest BCUT2D eigenvalue weighted by Gasteiger charge is -2.26. The standard InChI is InChI=1S/C19H23N3O4S/c23-19(20-10-11-22-12-14-26-15-13-22)17-8-4-5-9-18(17)21-27(24,25)16-6-2-1-3-7-16/h1-9,21H,10-15H2,(H,20,23). The molecule has 1 saturated heterocycles. The monoisotopic (exact) mass is 389 g/mol. The number of ether oxygens (including phenoxy) is 1. The Hall–Kier alpha value is -2.42. The first-order chi connectivity index (χ1) is 13.1. The highest BCUT2D eigenvalue weighted by molar-refractivity contribution is 7.92. The lowest BCUT2D eigenvalue weighted by atomic mass is 10.1. The first-order valence-electron chi connectivity index (χ1n) is 8.81. The molecule has 1 fully saturated rings. The summed E-state index contributed by atoms with van der Waals surface area (Å²) in [5, 5.41) is 2.86. The van der Waals surface area contributed by atoms with Crippen LogP contribution >= 0.6 is 0 Å². The van der Waals surface area contributed by atoms with Crippen LogP contribution in [0.5, 0.6) is 0 Å². The van der Waals surface area contributed by atoms with E-state index in [9.17, 15) is 13.2 Å². The number of hydrogen-bond acceptors (Lipinski definition) is 5. The van der Waals surface area contributed by atoms with Crippen molar-refractivity contribution < 1.29 is 17.9 Å². The van der Waals surface area contributed by atoms with E-state index in [1.54, 1.807) is 42.5 Å². The van der Waals surface area contributed by atoms with E-state index in [1.807, 2.05) is 0 Å². The Kier molecular flexibility index (Phi) is 6.44. The fraction of sp³-hybridized carbons (Fsp3) is 0.316. The number of sulfonamides is 1. The molecule has 0 bridgehead atoms. The maximum absolute atomic E-state index is 12.5. The molecule has 8 heteroatoms. The fourth-order valence-corrected chi connectivity index (χ4v) is 3.92. The molecule has 0 aromatic heterocycles. The Labute approximate surface area is 159 Å². The molecule has 3 rings (SSSR count).